The van der Waals surface area contributed by atoms with Crippen LogP contribution in [0.15, 0.2) is 22.9 Å². The first-order valence-corrected chi connectivity index (χ1v) is 5.93. The van der Waals surface area contributed by atoms with Crippen LogP contribution in [-0.4, -0.2) is 22.8 Å². The van der Waals surface area contributed by atoms with E-state index in [1.165, 1.54) is 0 Å². The quantitative estimate of drug-likeness (QED) is 0.816. The minimum absolute atomic E-state index is 0.0631. The maximum atomic E-state index is 11.9. The smallest absolute Gasteiger partial charge is 0.254 e. The number of carbonyl (C=O) groups is 2. The molecule has 1 rings (SSSR count). The number of primary amides is 1. The Kier molecular flexibility index (Phi) is 4.62. The Morgan fingerprint density at radius 2 is 2.12 bits per heavy atom. The first-order chi connectivity index (χ1) is 7.93. The van der Waals surface area contributed by atoms with Crippen molar-refractivity contribution in [3.05, 3.63) is 28.5 Å². The number of nitrogens with two attached hydrogens (primary N) is 1. The zero-order chi connectivity index (χ0) is 13.0. The van der Waals surface area contributed by atoms with E-state index in [0.29, 0.717) is 10.2 Å². The van der Waals surface area contributed by atoms with E-state index in [2.05, 4.69) is 26.2 Å². The number of nitrogens with zero attached hydrogens (tertiary/aromatic N) is 1. The highest BCUT2D eigenvalue weighted by atomic mass is 79.9. The molecule has 1 atom stereocenters. The van der Waals surface area contributed by atoms with E-state index in [9.17, 15) is 9.59 Å². The van der Waals surface area contributed by atoms with Crippen molar-refractivity contribution >= 4 is 27.7 Å². The van der Waals surface area contributed by atoms with Crippen LogP contribution in [0.5, 0.6) is 0 Å². The fraction of sp³-hybridized carbons (Fsp3) is 0.364. The summed E-state index contributed by atoms with van der Waals surface area (Å²) in [6, 6.07) is 2.58. The summed E-state index contributed by atoms with van der Waals surface area (Å²) in [4.78, 5) is 27.0. The molecular formula is C11H14BrN3O2. The van der Waals surface area contributed by atoms with Crippen LogP contribution in [0.1, 0.15) is 24.2 Å². The molecule has 1 aromatic rings. The Morgan fingerprint density at radius 1 is 1.47 bits per heavy atom. The van der Waals surface area contributed by atoms with Gasteiger partial charge in [0.2, 0.25) is 5.91 Å². The van der Waals surface area contributed by atoms with Gasteiger partial charge in [0, 0.05) is 6.20 Å². The standard InChI is InChI=1S/C11H14BrN3O2/c1-6(2)8(10(13)16)15-11(17)7-4-3-5-14-9(7)12/h3-6,8H,1-2H3,(H2,13,16)(H,15,17). The fourth-order valence-electron chi connectivity index (χ4n) is 1.34. The molecule has 3 N–H and O–H groups in total. The first kappa shape index (κ1) is 13.6. The van der Waals surface area contributed by atoms with E-state index in [-0.39, 0.29) is 11.8 Å². The summed E-state index contributed by atoms with van der Waals surface area (Å²) in [5, 5.41) is 2.59. The summed E-state index contributed by atoms with van der Waals surface area (Å²) in [5.41, 5.74) is 5.60. The zero-order valence-corrected chi connectivity index (χ0v) is 11.2. The highest BCUT2D eigenvalue weighted by molar-refractivity contribution is 9.10. The minimum atomic E-state index is -0.686. The Labute approximate surface area is 108 Å². The fourth-order valence-corrected chi connectivity index (χ4v) is 1.77. The molecule has 0 aromatic carbocycles. The summed E-state index contributed by atoms with van der Waals surface area (Å²) >= 11 is 3.17. The van der Waals surface area contributed by atoms with Crippen LogP contribution in [0.4, 0.5) is 0 Å². The monoisotopic (exact) mass is 299 g/mol. The van der Waals surface area contributed by atoms with Crippen molar-refractivity contribution in [1.29, 1.82) is 0 Å². The summed E-state index contributed by atoms with van der Waals surface area (Å²) in [6.07, 6.45) is 1.56. The van der Waals surface area contributed by atoms with Gasteiger partial charge in [-0.25, -0.2) is 4.98 Å². The van der Waals surface area contributed by atoms with Crippen LogP contribution in [0, 0.1) is 5.92 Å². The van der Waals surface area contributed by atoms with Crippen LogP contribution < -0.4 is 11.1 Å². The maximum Gasteiger partial charge on any atom is 0.254 e. The van der Waals surface area contributed by atoms with Gasteiger partial charge in [-0.15, -0.1) is 0 Å². The molecule has 1 heterocycles. The van der Waals surface area contributed by atoms with Gasteiger partial charge in [0.25, 0.3) is 5.91 Å². The Balaban J connectivity index is 2.85. The predicted molar refractivity (Wildman–Crippen MR) is 67.2 cm³/mol. The average molecular weight is 300 g/mol. The van der Waals surface area contributed by atoms with E-state index in [4.69, 9.17) is 5.73 Å². The van der Waals surface area contributed by atoms with Crippen molar-refractivity contribution in [2.45, 2.75) is 19.9 Å². The molecule has 0 saturated carbocycles. The van der Waals surface area contributed by atoms with E-state index >= 15 is 0 Å². The van der Waals surface area contributed by atoms with Gasteiger partial charge in [-0.3, -0.25) is 9.59 Å². The zero-order valence-electron chi connectivity index (χ0n) is 9.61. The molecule has 92 valence electrons. The number of pyridine rings is 1. The van der Waals surface area contributed by atoms with Gasteiger partial charge >= 0.3 is 0 Å². The highest BCUT2D eigenvalue weighted by Crippen LogP contribution is 2.13. The molecule has 1 aromatic heterocycles. The third-order valence-corrected chi connectivity index (χ3v) is 2.90. The van der Waals surface area contributed by atoms with Crippen molar-refractivity contribution in [2.24, 2.45) is 11.7 Å². The second-order valence-electron chi connectivity index (χ2n) is 3.94. The molecule has 0 aliphatic carbocycles. The molecule has 0 spiro atoms. The maximum absolute atomic E-state index is 11.9. The lowest BCUT2D eigenvalue weighted by Gasteiger charge is -2.19. The van der Waals surface area contributed by atoms with Crippen molar-refractivity contribution in [2.75, 3.05) is 0 Å². The van der Waals surface area contributed by atoms with Gasteiger partial charge in [-0.05, 0) is 34.0 Å². The average Bonchev–Trinajstić information content (AvgIpc) is 2.25. The van der Waals surface area contributed by atoms with Crippen LogP contribution >= 0.6 is 15.9 Å². The number of hydrogen-bond acceptors (Lipinski definition) is 3. The topological polar surface area (TPSA) is 85.1 Å². The molecule has 0 aliphatic heterocycles. The predicted octanol–water partition coefficient (Wildman–Crippen LogP) is 1.08. The second-order valence-corrected chi connectivity index (χ2v) is 4.69. The molecule has 5 nitrogen and oxygen atoms in total. The molecule has 0 saturated heterocycles. The van der Waals surface area contributed by atoms with Gasteiger partial charge in [-0.2, -0.15) is 0 Å². The first-order valence-electron chi connectivity index (χ1n) is 5.14. The van der Waals surface area contributed by atoms with Crippen molar-refractivity contribution in [1.82, 2.24) is 10.3 Å². The number of rotatable bonds is 4. The van der Waals surface area contributed by atoms with Crippen molar-refractivity contribution in [3.8, 4) is 0 Å². The number of aromatic nitrogens is 1. The number of nitrogens with one attached hydrogen (secondary N) is 1. The lowest BCUT2D eigenvalue weighted by Crippen LogP contribution is -2.47. The summed E-state index contributed by atoms with van der Waals surface area (Å²) in [7, 11) is 0. The minimum Gasteiger partial charge on any atom is -0.368 e. The molecule has 1 unspecified atom stereocenters. The number of halogens is 1. The third kappa shape index (κ3) is 3.52. The Bertz CT molecular complexity index is 434. The molecule has 0 fully saturated rings. The van der Waals surface area contributed by atoms with Gasteiger partial charge in [-0.1, -0.05) is 13.8 Å². The van der Waals surface area contributed by atoms with Crippen LogP contribution in [0.25, 0.3) is 0 Å². The van der Waals surface area contributed by atoms with Crippen molar-refractivity contribution < 1.29 is 9.59 Å². The third-order valence-electron chi connectivity index (χ3n) is 2.26. The molecule has 0 radical (unpaired) electrons. The number of amides is 2. The van der Waals surface area contributed by atoms with Gasteiger partial charge in [0.05, 0.1) is 5.56 Å². The molecule has 2 amide bonds. The van der Waals surface area contributed by atoms with Gasteiger partial charge < -0.3 is 11.1 Å². The molecule has 17 heavy (non-hydrogen) atoms. The van der Waals surface area contributed by atoms with E-state index < -0.39 is 11.9 Å². The number of carbonyl (C=O) groups excluding carboxylic acids is 2. The van der Waals surface area contributed by atoms with E-state index in [1.807, 2.05) is 13.8 Å². The van der Waals surface area contributed by atoms with Gasteiger partial charge in [0.1, 0.15) is 10.6 Å². The molecule has 0 bridgehead atoms. The lowest BCUT2D eigenvalue weighted by molar-refractivity contribution is -0.120. The van der Waals surface area contributed by atoms with E-state index in [1.54, 1.807) is 18.3 Å². The van der Waals surface area contributed by atoms with Crippen LogP contribution in [0.2, 0.25) is 0 Å². The van der Waals surface area contributed by atoms with Gasteiger partial charge in [0.15, 0.2) is 0 Å². The summed E-state index contributed by atoms with van der Waals surface area (Å²) in [6.45, 7) is 3.63. The Hall–Kier alpha value is -1.43. The number of hydrogen-bond donors (Lipinski definition) is 2. The summed E-state index contributed by atoms with van der Waals surface area (Å²) in [5.74, 6) is -0.984. The molecule has 0 aliphatic rings. The second kappa shape index (κ2) is 5.77. The van der Waals surface area contributed by atoms with Crippen molar-refractivity contribution in [3.63, 3.8) is 0 Å². The van der Waals surface area contributed by atoms with Crippen LogP contribution in [-0.2, 0) is 4.79 Å². The van der Waals surface area contributed by atoms with Crippen LogP contribution in [0.3, 0.4) is 0 Å². The SMILES string of the molecule is CC(C)C(NC(=O)c1cccnc1Br)C(N)=O. The normalized spacial score (nSPS) is 12.2. The largest absolute Gasteiger partial charge is 0.368 e. The molecular weight excluding hydrogens is 286 g/mol. The van der Waals surface area contributed by atoms with E-state index in [0.717, 1.165) is 0 Å². The summed E-state index contributed by atoms with van der Waals surface area (Å²) < 4.78 is 0.435. The highest BCUT2D eigenvalue weighted by Gasteiger charge is 2.23. The molecule has 6 heteroatoms. The Morgan fingerprint density at radius 3 is 2.59 bits per heavy atom. The lowest BCUT2D eigenvalue weighted by atomic mass is 10.0.